The molecule has 0 bridgehead atoms. The van der Waals surface area contributed by atoms with E-state index in [4.69, 9.17) is 15.2 Å². The molecule has 0 heterocycles. The number of ether oxygens (including phenoxy) is 2. The number of guanidine groups is 1. The van der Waals surface area contributed by atoms with Crippen LogP contribution < -0.4 is 16.4 Å². The second-order valence-corrected chi connectivity index (χ2v) is 7.53. The van der Waals surface area contributed by atoms with Gasteiger partial charge >= 0.3 is 6.09 Å². The Morgan fingerprint density at radius 1 is 1.35 bits per heavy atom. The van der Waals surface area contributed by atoms with Crippen LogP contribution in [0.1, 0.15) is 39.2 Å². The Morgan fingerprint density at radius 2 is 2.04 bits per heavy atom. The van der Waals surface area contributed by atoms with E-state index in [1.807, 2.05) is 45.0 Å². The zero-order valence-corrected chi connectivity index (χ0v) is 16.0. The Hall–Kier alpha value is -2.28. The molecule has 26 heavy (non-hydrogen) atoms. The number of nitrogens with zero attached hydrogens (tertiary/aromatic N) is 1. The summed E-state index contributed by atoms with van der Waals surface area (Å²) in [5.41, 5.74) is 7.36. The van der Waals surface area contributed by atoms with E-state index < -0.39 is 11.7 Å². The number of hydrogen-bond donors (Lipinski definition) is 3. The van der Waals surface area contributed by atoms with Gasteiger partial charge in [0, 0.05) is 18.4 Å². The number of methoxy groups -OCH3 is 1. The van der Waals surface area contributed by atoms with Crippen LogP contribution in [0.2, 0.25) is 0 Å². The van der Waals surface area contributed by atoms with Gasteiger partial charge in [0.15, 0.2) is 5.96 Å². The van der Waals surface area contributed by atoms with E-state index in [1.165, 1.54) is 0 Å². The van der Waals surface area contributed by atoms with Crippen molar-refractivity contribution in [1.29, 1.82) is 0 Å². The summed E-state index contributed by atoms with van der Waals surface area (Å²) >= 11 is 0. The highest BCUT2D eigenvalue weighted by atomic mass is 16.6. The highest BCUT2D eigenvalue weighted by Crippen LogP contribution is 2.33. The Morgan fingerprint density at radius 3 is 2.65 bits per heavy atom. The van der Waals surface area contributed by atoms with E-state index in [1.54, 1.807) is 7.11 Å². The minimum atomic E-state index is -0.521. The number of carbonyl (C=O) groups is 1. The molecule has 7 heteroatoms. The number of alkyl carbamates (subject to hydrolysis) is 1. The van der Waals surface area contributed by atoms with Crippen molar-refractivity contribution in [3.63, 3.8) is 0 Å². The van der Waals surface area contributed by atoms with Gasteiger partial charge in [0.2, 0.25) is 0 Å². The zero-order chi connectivity index (χ0) is 19.2. The van der Waals surface area contributed by atoms with E-state index >= 15 is 0 Å². The van der Waals surface area contributed by atoms with Gasteiger partial charge in [0.1, 0.15) is 5.60 Å². The number of rotatable bonds is 7. The second-order valence-electron chi connectivity index (χ2n) is 7.53. The molecule has 2 rings (SSSR count). The van der Waals surface area contributed by atoms with Crippen LogP contribution in [0.5, 0.6) is 0 Å². The summed E-state index contributed by atoms with van der Waals surface area (Å²) in [4.78, 5) is 16.4. The molecule has 7 nitrogen and oxygen atoms in total. The van der Waals surface area contributed by atoms with Crippen LogP contribution in [0, 0.1) is 5.92 Å². The van der Waals surface area contributed by atoms with Crippen molar-refractivity contribution in [2.75, 3.05) is 19.0 Å². The number of anilines is 1. The number of benzene rings is 1. The van der Waals surface area contributed by atoms with Crippen molar-refractivity contribution in [3.05, 3.63) is 29.8 Å². The molecule has 0 aromatic heterocycles. The lowest BCUT2D eigenvalue weighted by Gasteiger charge is -2.23. The normalized spacial score (nSPS) is 16.1. The second kappa shape index (κ2) is 8.89. The first-order chi connectivity index (χ1) is 12.3. The predicted octanol–water partition coefficient (Wildman–Crippen LogP) is 2.86. The summed E-state index contributed by atoms with van der Waals surface area (Å²) in [5.74, 6) is 0.741. The fraction of sp³-hybridized carbons (Fsp3) is 0.579. The Bertz CT molecular complexity index is 636. The van der Waals surface area contributed by atoms with Gasteiger partial charge in [-0.2, -0.15) is 0 Å². The molecule has 1 unspecified atom stereocenters. The highest BCUT2D eigenvalue weighted by Gasteiger charge is 2.33. The third-order valence-corrected chi connectivity index (χ3v) is 3.93. The van der Waals surface area contributed by atoms with Crippen LogP contribution in [-0.4, -0.2) is 37.4 Å². The number of aliphatic imine (C=N–C) groups is 1. The maximum atomic E-state index is 12.0. The van der Waals surface area contributed by atoms with Crippen molar-refractivity contribution >= 4 is 17.7 Å². The van der Waals surface area contributed by atoms with Crippen molar-refractivity contribution in [2.24, 2.45) is 16.6 Å². The molecular formula is C19H30N4O3. The monoisotopic (exact) mass is 362 g/mol. The molecule has 0 spiro atoms. The third kappa shape index (κ3) is 6.92. The first kappa shape index (κ1) is 20.0. The fourth-order valence-electron chi connectivity index (χ4n) is 2.57. The highest BCUT2D eigenvalue weighted by molar-refractivity contribution is 5.93. The average molecular weight is 362 g/mol. The standard InChI is InChI=1S/C19H30N4O3/c1-19(2,3)26-18(24)23-16(13-9-10-13)11-21-17(20)22-15-8-6-5-7-14(15)12-25-4/h5-8,13,16H,9-12H2,1-4H3,(H,23,24)(H3,20,21,22). The Balaban J connectivity index is 1.94. The van der Waals surface area contributed by atoms with Crippen LogP contribution in [-0.2, 0) is 16.1 Å². The molecule has 0 radical (unpaired) electrons. The summed E-state index contributed by atoms with van der Waals surface area (Å²) in [6, 6.07) is 7.69. The molecule has 1 aromatic rings. The lowest BCUT2D eigenvalue weighted by molar-refractivity contribution is 0.0500. The Labute approximate surface area is 155 Å². The van der Waals surface area contributed by atoms with Crippen molar-refractivity contribution < 1.29 is 14.3 Å². The van der Waals surface area contributed by atoms with Crippen LogP contribution in [0.3, 0.4) is 0 Å². The van der Waals surface area contributed by atoms with Crippen LogP contribution in [0.15, 0.2) is 29.3 Å². The molecule has 1 saturated carbocycles. The quantitative estimate of drug-likeness (QED) is 0.512. The third-order valence-electron chi connectivity index (χ3n) is 3.93. The molecule has 1 fully saturated rings. The van der Waals surface area contributed by atoms with Crippen molar-refractivity contribution in [1.82, 2.24) is 5.32 Å². The van der Waals surface area contributed by atoms with Crippen LogP contribution >= 0.6 is 0 Å². The van der Waals surface area contributed by atoms with E-state index in [-0.39, 0.29) is 6.04 Å². The maximum absolute atomic E-state index is 12.0. The smallest absolute Gasteiger partial charge is 0.407 e. The van der Waals surface area contributed by atoms with Crippen LogP contribution in [0.4, 0.5) is 10.5 Å². The van der Waals surface area contributed by atoms with E-state index in [2.05, 4.69) is 15.6 Å². The number of nitrogens with one attached hydrogen (secondary N) is 2. The lowest BCUT2D eigenvalue weighted by Crippen LogP contribution is -2.42. The first-order valence-electron chi connectivity index (χ1n) is 8.92. The molecule has 1 atom stereocenters. The summed E-state index contributed by atoms with van der Waals surface area (Å²) in [7, 11) is 1.65. The van der Waals surface area contributed by atoms with Crippen molar-refractivity contribution in [2.45, 2.75) is 51.9 Å². The number of carbonyl (C=O) groups excluding carboxylic acids is 1. The molecule has 4 N–H and O–H groups in total. The topological polar surface area (TPSA) is 98.0 Å². The Kier molecular flexibility index (Phi) is 6.85. The predicted molar refractivity (Wildman–Crippen MR) is 103 cm³/mol. The summed E-state index contributed by atoms with van der Waals surface area (Å²) in [6.07, 6.45) is 1.75. The van der Waals surface area contributed by atoms with Gasteiger partial charge in [-0.3, -0.25) is 4.99 Å². The minimum absolute atomic E-state index is 0.0700. The molecule has 1 aliphatic rings. The molecule has 0 aliphatic heterocycles. The van der Waals surface area contributed by atoms with E-state index in [0.717, 1.165) is 24.1 Å². The summed E-state index contributed by atoms with van der Waals surface area (Å²) in [6.45, 7) is 6.43. The summed E-state index contributed by atoms with van der Waals surface area (Å²) in [5, 5.41) is 6.02. The molecule has 1 aromatic carbocycles. The van der Waals surface area contributed by atoms with Crippen molar-refractivity contribution in [3.8, 4) is 0 Å². The van der Waals surface area contributed by atoms with E-state index in [0.29, 0.717) is 25.0 Å². The van der Waals surface area contributed by atoms with Gasteiger partial charge in [-0.15, -0.1) is 0 Å². The molecule has 1 amide bonds. The lowest BCUT2D eigenvalue weighted by atomic mass is 10.2. The molecule has 0 saturated heterocycles. The number of para-hydroxylation sites is 1. The average Bonchev–Trinajstić information content (AvgIpc) is 3.36. The van der Waals surface area contributed by atoms with Gasteiger partial charge in [0.05, 0.1) is 19.2 Å². The van der Waals surface area contributed by atoms with Gasteiger partial charge in [-0.1, -0.05) is 18.2 Å². The number of amides is 1. The largest absolute Gasteiger partial charge is 0.444 e. The molecule has 1 aliphatic carbocycles. The van der Waals surface area contributed by atoms with Gasteiger partial charge < -0.3 is 25.8 Å². The van der Waals surface area contributed by atoms with Gasteiger partial charge in [0.25, 0.3) is 0 Å². The fourth-order valence-corrected chi connectivity index (χ4v) is 2.57. The zero-order valence-electron chi connectivity index (χ0n) is 16.0. The first-order valence-corrected chi connectivity index (χ1v) is 8.92. The summed E-state index contributed by atoms with van der Waals surface area (Å²) < 4.78 is 10.5. The maximum Gasteiger partial charge on any atom is 0.407 e. The SMILES string of the molecule is COCc1ccccc1NC(N)=NCC(NC(=O)OC(C)(C)C)C1CC1. The van der Waals surface area contributed by atoms with Gasteiger partial charge in [-0.25, -0.2) is 4.79 Å². The minimum Gasteiger partial charge on any atom is -0.444 e. The van der Waals surface area contributed by atoms with E-state index in [9.17, 15) is 4.79 Å². The van der Waals surface area contributed by atoms with Crippen LogP contribution in [0.25, 0.3) is 0 Å². The number of nitrogens with two attached hydrogens (primary N) is 1. The molecule has 144 valence electrons. The number of hydrogen-bond acceptors (Lipinski definition) is 4. The van der Waals surface area contributed by atoms with Gasteiger partial charge in [-0.05, 0) is 45.6 Å². The molecular weight excluding hydrogens is 332 g/mol.